The Kier molecular flexibility index (Phi) is 5.84. The van der Waals surface area contributed by atoms with E-state index in [-0.39, 0.29) is 27.6 Å². The van der Waals surface area contributed by atoms with Gasteiger partial charge in [0.15, 0.2) is 0 Å². The summed E-state index contributed by atoms with van der Waals surface area (Å²) < 4.78 is 63.0. The monoisotopic (exact) mass is 452 g/mol. The summed E-state index contributed by atoms with van der Waals surface area (Å²) >= 11 is 0. The highest BCUT2D eigenvalue weighted by Gasteiger charge is 2.12. The fourth-order valence-electron chi connectivity index (χ4n) is 2.30. The molecule has 0 spiro atoms. The van der Waals surface area contributed by atoms with Crippen LogP contribution in [0.25, 0.3) is 0 Å². The van der Waals surface area contributed by atoms with E-state index in [2.05, 4.69) is 30.9 Å². The molecule has 0 saturated heterocycles. The van der Waals surface area contributed by atoms with Gasteiger partial charge in [0.2, 0.25) is 17.8 Å². The Labute approximate surface area is 171 Å². The standard InChI is InChI=1S/C16H16N6O6S2/c1-17-14-20-15(18-10-5-7-12(8-6-10)29(23,24)25)22-16(21-14)19-11-3-2-4-13(9-11)30(26,27)28/h2-9H,1H3,(H,23,24,25)(H,26,27,28)(H3,17,18,19,20,21,22). The average molecular weight is 452 g/mol. The van der Waals surface area contributed by atoms with Crippen LogP contribution in [0.5, 0.6) is 0 Å². The molecule has 0 amide bonds. The third kappa shape index (κ3) is 5.38. The van der Waals surface area contributed by atoms with Gasteiger partial charge in [0, 0.05) is 18.4 Å². The van der Waals surface area contributed by atoms with Crippen molar-refractivity contribution in [1.82, 2.24) is 15.0 Å². The fraction of sp³-hybridized carbons (Fsp3) is 0.0625. The molecule has 2 aromatic carbocycles. The Morgan fingerprint density at radius 3 is 1.77 bits per heavy atom. The normalized spacial score (nSPS) is 11.7. The Morgan fingerprint density at radius 1 is 0.700 bits per heavy atom. The lowest BCUT2D eigenvalue weighted by molar-refractivity contribution is 0.481. The molecule has 0 radical (unpaired) electrons. The van der Waals surface area contributed by atoms with Gasteiger partial charge in [0.05, 0.1) is 9.79 Å². The maximum absolute atomic E-state index is 11.3. The van der Waals surface area contributed by atoms with E-state index in [0.29, 0.717) is 11.4 Å². The highest BCUT2D eigenvalue weighted by atomic mass is 32.2. The topological polar surface area (TPSA) is 184 Å². The molecule has 0 unspecified atom stereocenters. The Morgan fingerprint density at radius 2 is 1.23 bits per heavy atom. The lowest BCUT2D eigenvalue weighted by Crippen LogP contribution is -2.07. The van der Waals surface area contributed by atoms with E-state index < -0.39 is 20.2 Å². The van der Waals surface area contributed by atoms with Crippen molar-refractivity contribution in [3.8, 4) is 0 Å². The van der Waals surface area contributed by atoms with E-state index in [1.165, 1.54) is 42.5 Å². The Balaban J connectivity index is 1.87. The lowest BCUT2D eigenvalue weighted by atomic mass is 10.3. The number of hydrogen-bond acceptors (Lipinski definition) is 10. The van der Waals surface area contributed by atoms with Gasteiger partial charge in [-0.25, -0.2) is 0 Å². The number of benzene rings is 2. The molecule has 3 rings (SSSR count). The van der Waals surface area contributed by atoms with Gasteiger partial charge in [-0.2, -0.15) is 31.8 Å². The third-order valence-electron chi connectivity index (χ3n) is 3.66. The number of nitrogens with one attached hydrogen (secondary N) is 3. The van der Waals surface area contributed by atoms with Crippen molar-refractivity contribution in [2.75, 3.05) is 23.0 Å². The molecule has 14 heteroatoms. The summed E-state index contributed by atoms with van der Waals surface area (Å²) in [4.78, 5) is 11.9. The van der Waals surface area contributed by atoms with Crippen molar-refractivity contribution in [3.63, 3.8) is 0 Å². The van der Waals surface area contributed by atoms with Gasteiger partial charge in [0.1, 0.15) is 0 Å². The first-order valence-corrected chi connectivity index (χ1v) is 11.1. The molecular weight excluding hydrogens is 436 g/mol. The first-order valence-electron chi connectivity index (χ1n) is 8.17. The number of rotatable bonds is 7. The second-order valence-corrected chi connectivity index (χ2v) is 8.65. The first-order chi connectivity index (χ1) is 14.0. The maximum Gasteiger partial charge on any atom is 0.294 e. The van der Waals surface area contributed by atoms with Crippen molar-refractivity contribution in [3.05, 3.63) is 48.5 Å². The van der Waals surface area contributed by atoms with E-state index in [9.17, 15) is 16.8 Å². The van der Waals surface area contributed by atoms with Gasteiger partial charge < -0.3 is 16.0 Å². The summed E-state index contributed by atoms with van der Waals surface area (Å²) in [7, 11) is -7.09. The molecule has 0 atom stereocenters. The molecule has 12 nitrogen and oxygen atoms in total. The summed E-state index contributed by atoms with van der Waals surface area (Å²) in [6.07, 6.45) is 0. The molecule has 30 heavy (non-hydrogen) atoms. The van der Waals surface area contributed by atoms with Gasteiger partial charge in [-0.3, -0.25) is 9.11 Å². The van der Waals surface area contributed by atoms with Gasteiger partial charge in [0.25, 0.3) is 20.2 Å². The van der Waals surface area contributed by atoms with Crippen LogP contribution in [-0.2, 0) is 20.2 Å². The van der Waals surface area contributed by atoms with E-state index in [1.807, 2.05) is 0 Å². The first kappa shape index (κ1) is 21.4. The molecular formula is C16H16N6O6S2. The predicted octanol–water partition coefficient (Wildman–Crippen LogP) is 1.89. The van der Waals surface area contributed by atoms with Crippen LogP contribution in [0.2, 0.25) is 0 Å². The molecule has 0 aliphatic carbocycles. The summed E-state index contributed by atoms with van der Waals surface area (Å²) in [6, 6.07) is 10.7. The number of aromatic nitrogens is 3. The third-order valence-corrected chi connectivity index (χ3v) is 5.37. The van der Waals surface area contributed by atoms with Crippen molar-refractivity contribution in [1.29, 1.82) is 0 Å². The van der Waals surface area contributed by atoms with Gasteiger partial charge in [-0.1, -0.05) is 6.07 Å². The minimum absolute atomic E-state index is 0.0684. The summed E-state index contributed by atoms with van der Waals surface area (Å²) in [5.41, 5.74) is 0.747. The van der Waals surface area contributed by atoms with Crippen LogP contribution in [-0.4, -0.2) is 47.9 Å². The van der Waals surface area contributed by atoms with E-state index in [4.69, 9.17) is 9.11 Å². The zero-order valence-corrected chi connectivity index (χ0v) is 16.9. The minimum atomic E-state index is -4.37. The fourth-order valence-corrected chi connectivity index (χ4v) is 3.31. The number of hydrogen-bond donors (Lipinski definition) is 5. The van der Waals surface area contributed by atoms with Crippen LogP contribution < -0.4 is 16.0 Å². The SMILES string of the molecule is CNc1nc(Nc2ccc(S(=O)(=O)O)cc2)nc(Nc2cccc(S(=O)(=O)O)c2)n1. The van der Waals surface area contributed by atoms with Crippen LogP contribution in [0.15, 0.2) is 58.3 Å². The molecule has 0 fully saturated rings. The van der Waals surface area contributed by atoms with Gasteiger partial charge in [-0.05, 0) is 42.5 Å². The Bertz CT molecular complexity index is 1280. The van der Waals surface area contributed by atoms with Crippen LogP contribution in [0.4, 0.5) is 29.2 Å². The summed E-state index contributed by atoms with van der Waals surface area (Å²) in [5, 5.41) is 8.43. The summed E-state index contributed by atoms with van der Waals surface area (Å²) in [6.45, 7) is 0. The number of anilines is 5. The largest absolute Gasteiger partial charge is 0.357 e. The molecule has 1 heterocycles. The zero-order chi connectivity index (χ0) is 21.9. The van der Waals surface area contributed by atoms with E-state index >= 15 is 0 Å². The second kappa shape index (κ2) is 8.19. The molecule has 0 bridgehead atoms. The average Bonchev–Trinajstić information content (AvgIpc) is 2.67. The Hall–Kier alpha value is -3.33. The molecule has 3 aromatic rings. The van der Waals surface area contributed by atoms with Crippen LogP contribution in [0, 0.1) is 0 Å². The van der Waals surface area contributed by atoms with Gasteiger partial charge in [-0.15, -0.1) is 0 Å². The second-order valence-electron chi connectivity index (χ2n) is 5.81. The minimum Gasteiger partial charge on any atom is -0.357 e. The molecule has 5 N–H and O–H groups in total. The number of nitrogens with zero attached hydrogens (tertiary/aromatic N) is 3. The highest BCUT2D eigenvalue weighted by Crippen LogP contribution is 2.21. The quantitative estimate of drug-likeness (QED) is 0.328. The maximum atomic E-state index is 11.3. The van der Waals surface area contributed by atoms with Crippen molar-refractivity contribution >= 4 is 49.5 Å². The van der Waals surface area contributed by atoms with E-state index in [1.54, 1.807) is 13.1 Å². The lowest BCUT2D eigenvalue weighted by Gasteiger charge is -2.11. The van der Waals surface area contributed by atoms with Crippen molar-refractivity contribution < 1.29 is 25.9 Å². The molecule has 0 aliphatic rings. The summed E-state index contributed by atoms with van der Waals surface area (Å²) in [5.74, 6) is 0.358. The van der Waals surface area contributed by atoms with Gasteiger partial charge >= 0.3 is 0 Å². The zero-order valence-electron chi connectivity index (χ0n) is 15.3. The van der Waals surface area contributed by atoms with Crippen LogP contribution in [0.1, 0.15) is 0 Å². The van der Waals surface area contributed by atoms with Crippen LogP contribution >= 0.6 is 0 Å². The van der Waals surface area contributed by atoms with Crippen LogP contribution in [0.3, 0.4) is 0 Å². The molecule has 1 aromatic heterocycles. The van der Waals surface area contributed by atoms with Crippen molar-refractivity contribution in [2.45, 2.75) is 9.79 Å². The molecule has 0 saturated carbocycles. The highest BCUT2D eigenvalue weighted by molar-refractivity contribution is 7.86. The van der Waals surface area contributed by atoms with Crippen molar-refractivity contribution in [2.24, 2.45) is 0 Å². The molecule has 158 valence electrons. The predicted molar refractivity (Wildman–Crippen MR) is 108 cm³/mol. The smallest absolute Gasteiger partial charge is 0.294 e. The molecule has 0 aliphatic heterocycles. The van der Waals surface area contributed by atoms with E-state index in [0.717, 1.165) is 0 Å².